The summed E-state index contributed by atoms with van der Waals surface area (Å²) in [6.07, 6.45) is 3.84. The van der Waals surface area contributed by atoms with Gasteiger partial charge in [0.25, 0.3) is 5.91 Å². The lowest BCUT2D eigenvalue weighted by Crippen LogP contribution is -2.34. The van der Waals surface area contributed by atoms with Crippen LogP contribution in [0.5, 0.6) is 0 Å². The zero-order valence-corrected chi connectivity index (χ0v) is 17.1. The van der Waals surface area contributed by atoms with Crippen molar-refractivity contribution in [2.24, 2.45) is 23.7 Å². The molecule has 5 nitrogen and oxygen atoms in total. The highest BCUT2D eigenvalue weighted by Gasteiger charge is 2.61. The Morgan fingerprint density at radius 1 is 1.03 bits per heavy atom. The Morgan fingerprint density at radius 3 is 2.53 bits per heavy atom. The Bertz CT molecular complexity index is 1100. The first-order valence-electron chi connectivity index (χ1n) is 10.6. The molecule has 2 aromatic rings. The Morgan fingerprint density at radius 2 is 1.73 bits per heavy atom. The quantitative estimate of drug-likeness (QED) is 0.618. The predicted molar refractivity (Wildman–Crippen MR) is 115 cm³/mol. The van der Waals surface area contributed by atoms with Gasteiger partial charge in [-0.05, 0) is 55.4 Å². The van der Waals surface area contributed by atoms with Crippen molar-refractivity contribution in [1.82, 2.24) is 0 Å². The number of para-hydroxylation sites is 2. The summed E-state index contributed by atoms with van der Waals surface area (Å²) in [6.45, 7) is 4.08. The lowest BCUT2D eigenvalue weighted by atomic mass is 9.82. The third-order valence-corrected chi connectivity index (χ3v) is 6.92. The van der Waals surface area contributed by atoms with Gasteiger partial charge in [-0.2, -0.15) is 0 Å². The molecule has 1 N–H and O–H groups in total. The van der Waals surface area contributed by atoms with Gasteiger partial charge in [0.15, 0.2) is 0 Å². The highest BCUT2D eigenvalue weighted by molar-refractivity contribution is 6.25. The maximum atomic E-state index is 13.3. The number of nitrogens with one attached hydrogen (secondary N) is 1. The number of benzene rings is 2. The second-order valence-electron chi connectivity index (χ2n) is 8.46. The summed E-state index contributed by atoms with van der Waals surface area (Å²) in [4.78, 5) is 41.0. The van der Waals surface area contributed by atoms with Gasteiger partial charge in [0.1, 0.15) is 0 Å². The first kappa shape index (κ1) is 18.8. The molecule has 2 bridgehead atoms. The van der Waals surface area contributed by atoms with Crippen LogP contribution in [0.2, 0.25) is 0 Å². The average Bonchev–Trinajstić information content (AvgIpc) is 3.39. The number of anilines is 2. The first-order chi connectivity index (χ1) is 14.5. The second-order valence-corrected chi connectivity index (χ2v) is 8.46. The summed E-state index contributed by atoms with van der Waals surface area (Å²) in [5, 5.41) is 2.96. The SMILES string of the molecule is CCc1ccccc1NC(=O)c1ccccc1N1C(=O)[C@@H]2[C@H](C1=O)[C@@H]1C=C(C)[C@@H]2C1. The van der Waals surface area contributed by atoms with Crippen LogP contribution in [0.1, 0.15) is 36.2 Å². The third-order valence-electron chi connectivity index (χ3n) is 6.92. The van der Waals surface area contributed by atoms with Crippen LogP contribution in [0.15, 0.2) is 60.2 Å². The van der Waals surface area contributed by atoms with Crippen molar-refractivity contribution in [3.63, 3.8) is 0 Å². The number of aryl methyl sites for hydroxylation is 1. The summed E-state index contributed by atoms with van der Waals surface area (Å²) in [5.41, 5.74) is 3.71. The number of rotatable bonds is 4. The van der Waals surface area contributed by atoms with E-state index in [-0.39, 0.29) is 41.4 Å². The van der Waals surface area contributed by atoms with E-state index in [0.29, 0.717) is 11.3 Å². The largest absolute Gasteiger partial charge is 0.322 e. The number of carbonyl (C=O) groups excluding carboxylic acids is 3. The van der Waals surface area contributed by atoms with E-state index >= 15 is 0 Å². The molecule has 3 amide bonds. The Kier molecular flexibility index (Phi) is 4.35. The number of allylic oxidation sites excluding steroid dienone is 2. The van der Waals surface area contributed by atoms with Crippen LogP contribution in [-0.4, -0.2) is 17.7 Å². The zero-order chi connectivity index (χ0) is 21.0. The zero-order valence-electron chi connectivity index (χ0n) is 17.1. The molecule has 2 aliphatic carbocycles. The summed E-state index contributed by atoms with van der Waals surface area (Å²) in [7, 11) is 0. The summed E-state index contributed by atoms with van der Waals surface area (Å²) in [5.74, 6) is -0.943. The lowest BCUT2D eigenvalue weighted by Gasteiger charge is -2.21. The molecular formula is C25H24N2O3. The molecule has 1 aliphatic heterocycles. The predicted octanol–water partition coefficient (Wildman–Crippen LogP) is 4.20. The van der Waals surface area contributed by atoms with Gasteiger partial charge in [-0.25, -0.2) is 4.90 Å². The molecule has 30 heavy (non-hydrogen) atoms. The molecule has 1 heterocycles. The van der Waals surface area contributed by atoms with Crippen LogP contribution in [0.3, 0.4) is 0 Å². The van der Waals surface area contributed by atoms with Crippen LogP contribution in [0.4, 0.5) is 11.4 Å². The maximum Gasteiger partial charge on any atom is 0.257 e. The van der Waals surface area contributed by atoms with E-state index in [4.69, 9.17) is 0 Å². The molecule has 0 aromatic heterocycles. The number of hydrogen-bond donors (Lipinski definition) is 1. The third kappa shape index (κ3) is 2.65. The molecule has 4 atom stereocenters. The molecule has 152 valence electrons. The van der Waals surface area contributed by atoms with Gasteiger partial charge in [0, 0.05) is 5.69 Å². The van der Waals surface area contributed by atoms with Crippen molar-refractivity contribution < 1.29 is 14.4 Å². The lowest BCUT2D eigenvalue weighted by molar-refractivity contribution is -0.123. The molecule has 5 heteroatoms. The standard InChI is InChI=1S/C25H24N2O3/c1-3-15-8-4-6-10-19(15)26-23(28)17-9-5-7-11-20(17)27-24(29)21-16-12-14(2)18(13-16)22(21)25(27)30/h4-12,16,18,21-22H,3,13H2,1-2H3,(H,26,28)/t16-,18+,21-,22+/m1/s1. The first-order valence-corrected chi connectivity index (χ1v) is 10.6. The fourth-order valence-electron chi connectivity index (χ4n) is 5.51. The van der Waals surface area contributed by atoms with Crippen molar-refractivity contribution in [3.05, 3.63) is 71.3 Å². The molecule has 3 aliphatic rings. The molecule has 0 radical (unpaired) electrons. The summed E-state index contributed by atoms with van der Waals surface area (Å²) >= 11 is 0. The van der Waals surface area contributed by atoms with Gasteiger partial charge in [-0.3, -0.25) is 14.4 Å². The number of imide groups is 1. The van der Waals surface area contributed by atoms with E-state index in [1.54, 1.807) is 24.3 Å². The van der Waals surface area contributed by atoms with Gasteiger partial charge in [0.2, 0.25) is 11.8 Å². The Labute approximate surface area is 175 Å². The van der Waals surface area contributed by atoms with Crippen molar-refractivity contribution in [2.45, 2.75) is 26.7 Å². The minimum Gasteiger partial charge on any atom is -0.322 e. The van der Waals surface area contributed by atoms with E-state index in [9.17, 15) is 14.4 Å². The van der Waals surface area contributed by atoms with Gasteiger partial charge >= 0.3 is 0 Å². The molecule has 0 spiro atoms. The Hall–Kier alpha value is -3.21. The fraction of sp³-hybridized carbons (Fsp3) is 0.320. The van der Waals surface area contributed by atoms with E-state index in [1.807, 2.05) is 38.1 Å². The van der Waals surface area contributed by atoms with Crippen molar-refractivity contribution in [2.75, 3.05) is 10.2 Å². The van der Waals surface area contributed by atoms with E-state index < -0.39 is 0 Å². The molecule has 2 fully saturated rings. The number of fused-ring (bicyclic) bond motifs is 5. The smallest absolute Gasteiger partial charge is 0.257 e. The van der Waals surface area contributed by atoms with Crippen molar-refractivity contribution in [1.29, 1.82) is 0 Å². The van der Waals surface area contributed by atoms with Crippen LogP contribution < -0.4 is 10.2 Å². The molecular weight excluding hydrogens is 376 g/mol. The number of hydrogen-bond acceptors (Lipinski definition) is 3. The molecule has 5 rings (SSSR count). The van der Waals surface area contributed by atoms with Gasteiger partial charge in [0.05, 0.1) is 23.1 Å². The summed E-state index contributed by atoms with van der Waals surface area (Å²) < 4.78 is 0. The maximum absolute atomic E-state index is 13.3. The van der Waals surface area contributed by atoms with E-state index in [2.05, 4.69) is 11.4 Å². The fourth-order valence-corrected chi connectivity index (χ4v) is 5.51. The van der Waals surface area contributed by atoms with E-state index in [0.717, 1.165) is 24.1 Å². The topological polar surface area (TPSA) is 66.5 Å². The van der Waals surface area contributed by atoms with Crippen LogP contribution in [-0.2, 0) is 16.0 Å². The van der Waals surface area contributed by atoms with Gasteiger partial charge < -0.3 is 5.32 Å². The minimum absolute atomic E-state index is 0.138. The highest BCUT2D eigenvalue weighted by Crippen LogP contribution is 2.56. The average molecular weight is 400 g/mol. The van der Waals surface area contributed by atoms with Crippen LogP contribution in [0, 0.1) is 23.7 Å². The molecule has 1 saturated carbocycles. The van der Waals surface area contributed by atoms with Gasteiger partial charge in [-0.1, -0.05) is 48.9 Å². The number of carbonyl (C=O) groups is 3. The van der Waals surface area contributed by atoms with E-state index in [1.165, 1.54) is 10.5 Å². The van der Waals surface area contributed by atoms with Crippen molar-refractivity contribution in [3.8, 4) is 0 Å². The molecule has 1 saturated heterocycles. The molecule has 2 aromatic carbocycles. The van der Waals surface area contributed by atoms with Crippen LogP contribution >= 0.6 is 0 Å². The number of amides is 3. The normalized spacial score (nSPS) is 26.7. The highest BCUT2D eigenvalue weighted by atomic mass is 16.2. The second kappa shape index (κ2) is 6.94. The number of nitrogens with zero attached hydrogens (tertiary/aromatic N) is 1. The minimum atomic E-state index is -0.318. The molecule has 0 unspecified atom stereocenters. The van der Waals surface area contributed by atoms with Gasteiger partial charge in [-0.15, -0.1) is 0 Å². The Balaban J connectivity index is 1.48. The van der Waals surface area contributed by atoms with Crippen LogP contribution in [0.25, 0.3) is 0 Å². The summed E-state index contributed by atoms with van der Waals surface area (Å²) in [6, 6.07) is 14.5. The van der Waals surface area contributed by atoms with Crippen molar-refractivity contribution >= 4 is 29.1 Å². The monoisotopic (exact) mass is 400 g/mol.